The van der Waals surface area contributed by atoms with Crippen molar-refractivity contribution >= 4 is 23.0 Å². The first-order chi connectivity index (χ1) is 17.1. The molecular weight excluding hydrogens is 452 g/mol. The monoisotopic (exact) mass is 482 g/mol. The van der Waals surface area contributed by atoms with Crippen LogP contribution in [0.4, 0.5) is 5.69 Å². The second-order valence-corrected chi connectivity index (χ2v) is 9.23. The summed E-state index contributed by atoms with van der Waals surface area (Å²) in [5.41, 5.74) is 6.82. The first-order valence-corrected chi connectivity index (χ1v) is 12.4. The molecule has 3 aromatic heterocycles. The van der Waals surface area contributed by atoms with Crippen molar-refractivity contribution < 1.29 is 0 Å². The van der Waals surface area contributed by atoms with Gasteiger partial charge in [-0.1, -0.05) is 24.3 Å². The second-order valence-electron chi connectivity index (χ2n) is 8.84. The highest BCUT2D eigenvalue weighted by atomic mass is 32.1. The Balaban J connectivity index is 1.45. The largest absolute Gasteiger partial charge is 0.385 e. The van der Waals surface area contributed by atoms with Gasteiger partial charge in [0.25, 0.3) is 0 Å². The van der Waals surface area contributed by atoms with E-state index in [0.717, 1.165) is 41.7 Å². The van der Waals surface area contributed by atoms with Gasteiger partial charge in [0.15, 0.2) is 5.11 Å². The van der Waals surface area contributed by atoms with E-state index in [0.29, 0.717) is 0 Å². The zero-order chi connectivity index (χ0) is 24.2. The van der Waals surface area contributed by atoms with Gasteiger partial charge < -0.3 is 20.1 Å². The predicted octanol–water partition coefficient (Wildman–Crippen LogP) is 5.36. The summed E-state index contributed by atoms with van der Waals surface area (Å²) in [6.07, 6.45) is 6.52. The summed E-state index contributed by atoms with van der Waals surface area (Å²) in [5.74, 6) is 0. The first-order valence-electron chi connectivity index (χ1n) is 12.0. The Morgan fingerprint density at radius 2 is 1.83 bits per heavy atom. The molecule has 4 heterocycles. The van der Waals surface area contributed by atoms with Crippen LogP contribution in [0.2, 0.25) is 0 Å². The Labute approximate surface area is 212 Å². The van der Waals surface area contributed by atoms with Gasteiger partial charge >= 0.3 is 0 Å². The van der Waals surface area contributed by atoms with Gasteiger partial charge in [0, 0.05) is 42.6 Å². The minimum atomic E-state index is -0.0198. The lowest BCUT2D eigenvalue weighted by molar-refractivity contribution is 0.315. The molecule has 0 spiro atoms. The molecule has 0 radical (unpaired) electrons. The van der Waals surface area contributed by atoms with Crippen LogP contribution < -0.4 is 10.6 Å². The van der Waals surface area contributed by atoms with Gasteiger partial charge in [0.05, 0.1) is 29.7 Å². The van der Waals surface area contributed by atoms with Crippen LogP contribution in [-0.2, 0) is 0 Å². The molecule has 2 unspecified atom stereocenters. The van der Waals surface area contributed by atoms with Gasteiger partial charge in [-0.05, 0) is 80.5 Å². The van der Waals surface area contributed by atoms with E-state index >= 15 is 0 Å². The molecule has 35 heavy (non-hydrogen) atoms. The molecule has 1 aromatic carbocycles. The van der Waals surface area contributed by atoms with Crippen molar-refractivity contribution in [2.45, 2.75) is 32.4 Å². The number of hydrogen-bond donors (Lipinski definition) is 2. The Morgan fingerprint density at radius 1 is 1.00 bits per heavy atom. The summed E-state index contributed by atoms with van der Waals surface area (Å²) >= 11 is 5.86. The topological polar surface area (TPSA) is 58.0 Å². The Morgan fingerprint density at radius 3 is 2.57 bits per heavy atom. The number of hydrogen-bond acceptors (Lipinski definition) is 4. The third-order valence-corrected chi connectivity index (χ3v) is 6.92. The first kappa shape index (κ1) is 23.1. The van der Waals surface area contributed by atoms with Crippen molar-refractivity contribution in [3.63, 3.8) is 0 Å². The van der Waals surface area contributed by atoms with Crippen LogP contribution in [0.1, 0.15) is 41.1 Å². The van der Waals surface area contributed by atoms with Crippen molar-refractivity contribution in [1.29, 1.82) is 0 Å². The smallest absolute Gasteiger partial charge is 0.170 e. The van der Waals surface area contributed by atoms with Crippen LogP contribution >= 0.6 is 12.2 Å². The van der Waals surface area contributed by atoms with E-state index in [1.165, 1.54) is 17.0 Å². The lowest BCUT2D eigenvalue weighted by Crippen LogP contribution is -2.31. The lowest BCUT2D eigenvalue weighted by Gasteiger charge is -2.28. The normalized spacial score (nSPS) is 17.4. The van der Waals surface area contributed by atoms with Gasteiger partial charge in [-0.3, -0.25) is 9.97 Å². The van der Waals surface area contributed by atoms with Gasteiger partial charge in [-0.15, -0.1) is 0 Å². The number of aryl methyl sites for hydroxylation is 1. The van der Waals surface area contributed by atoms with Crippen LogP contribution in [-0.4, -0.2) is 37.6 Å². The summed E-state index contributed by atoms with van der Waals surface area (Å²) in [4.78, 5) is 11.3. The van der Waals surface area contributed by atoms with Crippen molar-refractivity contribution in [2.75, 3.05) is 18.4 Å². The third-order valence-electron chi connectivity index (χ3n) is 6.57. The van der Waals surface area contributed by atoms with E-state index in [1.54, 1.807) is 6.20 Å². The highest BCUT2D eigenvalue weighted by Gasteiger charge is 2.41. The molecule has 7 heteroatoms. The Hall–Kier alpha value is -3.71. The molecule has 1 fully saturated rings. The number of aromatic nitrogens is 3. The SMILES string of the molecule is Cc1cc(C2C(c3ccccn3)NC(=S)N2CCCNc2ccccc2)c(C)n1-c1cccnc1. The molecule has 0 bridgehead atoms. The Bertz CT molecular complexity index is 1270. The zero-order valence-corrected chi connectivity index (χ0v) is 20.9. The van der Waals surface area contributed by atoms with Gasteiger partial charge in [-0.25, -0.2) is 0 Å². The van der Waals surface area contributed by atoms with Gasteiger partial charge in [0.1, 0.15) is 0 Å². The molecular formula is C28H30N6S. The molecule has 0 amide bonds. The molecule has 6 nitrogen and oxygen atoms in total. The maximum Gasteiger partial charge on any atom is 0.170 e. The molecule has 1 aliphatic heterocycles. The summed E-state index contributed by atoms with van der Waals surface area (Å²) in [6, 6.07) is 22.8. The molecule has 0 aliphatic carbocycles. The summed E-state index contributed by atoms with van der Waals surface area (Å²) in [5, 5.41) is 7.86. The van der Waals surface area contributed by atoms with Crippen LogP contribution in [0.3, 0.4) is 0 Å². The average Bonchev–Trinajstić information content (AvgIpc) is 3.38. The van der Waals surface area contributed by atoms with E-state index < -0.39 is 0 Å². The molecule has 4 aromatic rings. The quantitative estimate of drug-likeness (QED) is 0.261. The molecule has 1 aliphatic rings. The lowest BCUT2D eigenvalue weighted by atomic mass is 9.96. The average molecular weight is 483 g/mol. The van der Waals surface area contributed by atoms with Gasteiger partial charge in [0.2, 0.25) is 0 Å². The molecule has 178 valence electrons. The van der Waals surface area contributed by atoms with Crippen molar-refractivity contribution in [3.05, 3.63) is 108 Å². The number of nitrogens with zero attached hydrogens (tertiary/aromatic N) is 4. The minimum absolute atomic E-state index is 0.0198. The fraction of sp³-hybridized carbons (Fsp3) is 0.250. The van der Waals surface area contributed by atoms with Crippen molar-refractivity contribution in [3.8, 4) is 5.69 Å². The highest BCUT2D eigenvalue weighted by Crippen LogP contribution is 2.41. The number of nitrogens with one attached hydrogen (secondary N) is 2. The number of thiocarbonyl (C=S) groups is 1. The minimum Gasteiger partial charge on any atom is -0.385 e. The summed E-state index contributed by atoms with van der Waals surface area (Å²) < 4.78 is 2.27. The summed E-state index contributed by atoms with van der Waals surface area (Å²) in [6.45, 7) is 6.05. The van der Waals surface area contributed by atoms with E-state index in [1.807, 2.05) is 48.8 Å². The number of para-hydroxylation sites is 1. The second kappa shape index (κ2) is 10.3. The molecule has 2 atom stereocenters. The van der Waals surface area contributed by atoms with E-state index in [2.05, 4.69) is 74.2 Å². The molecule has 5 rings (SSSR count). The molecule has 2 N–H and O–H groups in total. The van der Waals surface area contributed by atoms with Crippen LogP contribution in [0.5, 0.6) is 0 Å². The van der Waals surface area contributed by atoms with Crippen LogP contribution in [0.15, 0.2) is 85.3 Å². The maximum atomic E-state index is 5.86. The maximum absolute atomic E-state index is 5.86. The summed E-state index contributed by atoms with van der Waals surface area (Å²) in [7, 11) is 0. The fourth-order valence-corrected chi connectivity index (χ4v) is 5.33. The van der Waals surface area contributed by atoms with E-state index in [-0.39, 0.29) is 12.1 Å². The van der Waals surface area contributed by atoms with Gasteiger partial charge in [-0.2, -0.15) is 0 Å². The Kier molecular flexibility index (Phi) is 6.77. The van der Waals surface area contributed by atoms with Crippen molar-refractivity contribution in [2.24, 2.45) is 0 Å². The van der Waals surface area contributed by atoms with E-state index in [9.17, 15) is 0 Å². The number of rotatable bonds is 8. The zero-order valence-electron chi connectivity index (χ0n) is 20.1. The predicted molar refractivity (Wildman–Crippen MR) is 145 cm³/mol. The third kappa shape index (κ3) is 4.77. The number of pyridine rings is 2. The standard InChI is InChI=1S/C28H30N6S/c1-20-18-24(21(2)34(20)23-12-8-14-29-19-23)27-26(25-13-6-7-15-31-25)32-28(35)33(27)17-9-16-30-22-10-4-3-5-11-22/h3-8,10-15,18-19,26-27,30H,9,16-17H2,1-2H3,(H,32,35). The van der Waals surface area contributed by atoms with E-state index in [4.69, 9.17) is 12.2 Å². The van der Waals surface area contributed by atoms with Crippen LogP contribution in [0.25, 0.3) is 5.69 Å². The number of benzene rings is 1. The fourth-order valence-electron chi connectivity index (χ4n) is 4.99. The van der Waals surface area contributed by atoms with Crippen molar-refractivity contribution in [1.82, 2.24) is 24.8 Å². The molecule has 1 saturated heterocycles. The highest BCUT2D eigenvalue weighted by molar-refractivity contribution is 7.80. The molecule has 0 saturated carbocycles. The van der Waals surface area contributed by atoms with Crippen LogP contribution in [0, 0.1) is 13.8 Å². The number of anilines is 1.